The molecule has 0 aliphatic heterocycles. The maximum absolute atomic E-state index is 9.49. The van der Waals surface area contributed by atoms with Gasteiger partial charge in [0.15, 0.2) is 0 Å². The van der Waals surface area contributed by atoms with Crippen LogP contribution in [0.5, 0.6) is 0 Å². The number of benzene rings is 1. The highest BCUT2D eigenvalue weighted by molar-refractivity contribution is 7.09. The second-order valence-corrected chi connectivity index (χ2v) is 6.69. The van der Waals surface area contributed by atoms with Crippen molar-refractivity contribution >= 4 is 27.9 Å². The van der Waals surface area contributed by atoms with Crippen LogP contribution in [0.2, 0.25) is 0 Å². The highest BCUT2D eigenvalue weighted by Crippen LogP contribution is 2.31. The number of pyridine rings is 1. The highest BCUT2D eigenvalue weighted by Gasteiger charge is 2.15. The third-order valence-corrected chi connectivity index (χ3v) is 4.76. The van der Waals surface area contributed by atoms with Crippen LogP contribution in [0.3, 0.4) is 0 Å². The first-order valence-corrected chi connectivity index (χ1v) is 8.37. The fraction of sp³-hybridized carbons (Fsp3) is 0.278. The Kier molecular flexibility index (Phi) is 4.26. The van der Waals surface area contributed by atoms with Gasteiger partial charge >= 0.3 is 0 Å². The van der Waals surface area contributed by atoms with Crippen molar-refractivity contribution in [3.05, 3.63) is 51.6 Å². The monoisotopic (exact) mass is 322 g/mol. The van der Waals surface area contributed by atoms with Gasteiger partial charge in [0.25, 0.3) is 0 Å². The topological polar surface area (TPSA) is 52.8 Å². The average molecular weight is 322 g/mol. The lowest BCUT2D eigenvalue weighted by Gasteiger charge is -2.22. The fourth-order valence-corrected chi connectivity index (χ4v) is 3.50. The molecule has 116 valence electrons. The molecule has 0 aliphatic rings. The summed E-state index contributed by atoms with van der Waals surface area (Å²) in [6, 6.07) is 6.53. The Morgan fingerprint density at radius 2 is 2.09 bits per heavy atom. The molecule has 2 aromatic heterocycles. The first-order chi connectivity index (χ1) is 11.1. The molecule has 4 nitrogen and oxygen atoms in total. The number of fused-ring (bicyclic) bond motifs is 1. The normalized spacial score (nSPS) is 10.7. The molecule has 1 aromatic carbocycles. The maximum Gasteiger partial charge on any atom is 0.103 e. The first kappa shape index (κ1) is 15.4. The second kappa shape index (κ2) is 6.35. The number of hydrogen-bond donors (Lipinski definition) is 0. The van der Waals surface area contributed by atoms with E-state index in [4.69, 9.17) is 0 Å². The van der Waals surface area contributed by atoms with Crippen LogP contribution in [-0.4, -0.2) is 23.6 Å². The van der Waals surface area contributed by atoms with Gasteiger partial charge in [-0.3, -0.25) is 4.98 Å². The number of nitriles is 1. The molecule has 2 heterocycles. The lowest BCUT2D eigenvalue weighted by atomic mass is 10.0. The molecular weight excluding hydrogens is 304 g/mol. The molecule has 0 atom stereocenters. The Bertz CT molecular complexity index is 878. The molecule has 0 bridgehead atoms. The molecule has 23 heavy (non-hydrogen) atoms. The lowest BCUT2D eigenvalue weighted by Crippen LogP contribution is -2.22. The molecule has 0 unspecified atom stereocenters. The summed E-state index contributed by atoms with van der Waals surface area (Å²) in [5.41, 5.74) is 4.86. The number of likely N-dealkylation sites (N-methyl/N-ethyl adjacent to an activating group) is 1. The summed E-state index contributed by atoms with van der Waals surface area (Å²) in [5, 5.41) is 13.6. The third-order valence-electron chi connectivity index (χ3n) is 3.92. The van der Waals surface area contributed by atoms with Gasteiger partial charge in [0.2, 0.25) is 0 Å². The molecule has 0 saturated heterocycles. The van der Waals surface area contributed by atoms with Crippen molar-refractivity contribution in [3.8, 4) is 6.07 Å². The standard InChI is InChI=1S/C18H18N4S/c1-12-8-13(2)17-15(9-12)18(14(10-19)11-21-17)22(3)6-4-16-20-5-7-23-16/h5,7-9,11H,4,6H2,1-3H3. The molecule has 0 spiro atoms. The molecule has 0 aliphatic carbocycles. The molecular formula is C18H18N4S. The van der Waals surface area contributed by atoms with Crippen LogP contribution in [0.1, 0.15) is 21.7 Å². The molecule has 5 heteroatoms. The summed E-state index contributed by atoms with van der Waals surface area (Å²) >= 11 is 1.66. The first-order valence-electron chi connectivity index (χ1n) is 7.49. The van der Waals surface area contributed by atoms with E-state index in [-0.39, 0.29) is 0 Å². The smallest absolute Gasteiger partial charge is 0.103 e. The lowest BCUT2D eigenvalue weighted by molar-refractivity contribution is 0.870. The SMILES string of the molecule is Cc1cc(C)c2ncc(C#N)c(N(C)CCc3nccs3)c2c1. The molecule has 3 aromatic rings. The number of anilines is 1. The Morgan fingerprint density at radius 3 is 2.78 bits per heavy atom. The van der Waals surface area contributed by atoms with Crippen LogP contribution < -0.4 is 4.90 Å². The van der Waals surface area contributed by atoms with Crippen LogP contribution in [-0.2, 0) is 6.42 Å². The number of aromatic nitrogens is 2. The quantitative estimate of drug-likeness (QED) is 0.732. The van der Waals surface area contributed by atoms with Crippen LogP contribution in [0.25, 0.3) is 10.9 Å². The van der Waals surface area contributed by atoms with E-state index >= 15 is 0 Å². The minimum atomic E-state index is 0.615. The summed E-state index contributed by atoms with van der Waals surface area (Å²) in [7, 11) is 2.03. The van der Waals surface area contributed by atoms with Crippen molar-refractivity contribution in [3.63, 3.8) is 0 Å². The molecule has 0 amide bonds. The zero-order chi connectivity index (χ0) is 16.4. The van der Waals surface area contributed by atoms with Crippen LogP contribution in [0, 0.1) is 25.2 Å². The predicted octanol–water partition coefficient (Wildman–Crippen LogP) is 3.86. The average Bonchev–Trinajstić information content (AvgIpc) is 3.04. The Hall–Kier alpha value is -2.45. The Morgan fingerprint density at radius 1 is 1.26 bits per heavy atom. The molecule has 3 rings (SSSR count). The van der Waals surface area contributed by atoms with Gasteiger partial charge in [0.05, 0.1) is 21.8 Å². The van der Waals surface area contributed by atoms with Gasteiger partial charge in [-0.2, -0.15) is 5.26 Å². The number of aryl methyl sites for hydroxylation is 2. The molecule has 0 fully saturated rings. The zero-order valence-corrected chi connectivity index (χ0v) is 14.3. The van der Waals surface area contributed by atoms with Crippen molar-refractivity contribution < 1.29 is 0 Å². The highest BCUT2D eigenvalue weighted by atomic mass is 32.1. The third kappa shape index (κ3) is 3.03. The maximum atomic E-state index is 9.49. The van der Waals surface area contributed by atoms with Crippen molar-refractivity contribution in [2.24, 2.45) is 0 Å². The summed E-state index contributed by atoms with van der Waals surface area (Å²) in [6.45, 7) is 4.95. The number of thiazole rings is 1. The van der Waals surface area contributed by atoms with E-state index in [1.165, 1.54) is 5.56 Å². The van der Waals surface area contributed by atoms with Crippen LogP contribution in [0.4, 0.5) is 5.69 Å². The number of hydrogen-bond acceptors (Lipinski definition) is 5. The van der Waals surface area contributed by atoms with E-state index in [9.17, 15) is 5.26 Å². The van der Waals surface area contributed by atoms with E-state index in [0.717, 1.165) is 40.1 Å². The van der Waals surface area contributed by atoms with Gasteiger partial charge in [-0.1, -0.05) is 11.6 Å². The molecule has 0 radical (unpaired) electrons. The van der Waals surface area contributed by atoms with E-state index in [0.29, 0.717) is 5.56 Å². The van der Waals surface area contributed by atoms with Crippen molar-refractivity contribution in [1.82, 2.24) is 9.97 Å². The van der Waals surface area contributed by atoms with Gasteiger partial charge in [-0.05, 0) is 25.5 Å². The summed E-state index contributed by atoms with van der Waals surface area (Å²) in [5.74, 6) is 0. The summed E-state index contributed by atoms with van der Waals surface area (Å²) in [4.78, 5) is 11.0. The van der Waals surface area contributed by atoms with E-state index < -0.39 is 0 Å². The van der Waals surface area contributed by atoms with Crippen LogP contribution in [0.15, 0.2) is 29.9 Å². The van der Waals surface area contributed by atoms with Crippen molar-refractivity contribution in [2.45, 2.75) is 20.3 Å². The fourth-order valence-electron chi connectivity index (χ4n) is 2.89. The molecule has 0 N–H and O–H groups in total. The van der Waals surface area contributed by atoms with Crippen LogP contribution >= 0.6 is 11.3 Å². The Balaban J connectivity index is 2.05. The van der Waals surface area contributed by atoms with Gasteiger partial charge in [0, 0.05) is 43.2 Å². The Labute approximate surface area is 140 Å². The zero-order valence-electron chi connectivity index (χ0n) is 13.5. The van der Waals surface area contributed by atoms with Crippen molar-refractivity contribution in [1.29, 1.82) is 5.26 Å². The predicted molar refractivity (Wildman–Crippen MR) is 95.0 cm³/mol. The van der Waals surface area contributed by atoms with E-state index in [1.54, 1.807) is 17.5 Å². The van der Waals surface area contributed by atoms with Gasteiger partial charge in [-0.25, -0.2) is 4.98 Å². The minimum absolute atomic E-state index is 0.615. The summed E-state index contributed by atoms with van der Waals surface area (Å²) in [6.07, 6.45) is 4.38. The number of rotatable bonds is 4. The van der Waals surface area contributed by atoms with Gasteiger partial charge < -0.3 is 4.90 Å². The molecule has 0 saturated carbocycles. The summed E-state index contributed by atoms with van der Waals surface area (Å²) < 4.78 is 0. The largest absolute Gasteiger partial charge is 0.373 e. The van der Waals surface area contributed by atoms with E-state index in [2.05, 4.69) is 46.9 Å². The van der Waals surface area contributed by atoms with Crippen molar-refractivity contribution in [2.75, 3.05) is 18.5 Å². The number of nitrogens with zero attached hydrogens (tertiary/aromatic N) is 4. The second-order valence-electron chi connectivity index (χ2n) is 5.71. The van der Waals surface area contributed by atoms with Gasteiger partial charge in [-0.15, -0.1) is 11.3 Å². The van der Waals surface area contributed by atoms with E-state index in [1.807, 2.05) is 18.6 Å². The van der Waals surface area contributed by atoms with Gasteiger partial charge in [0.1, 0.15) is 6.07 Å². The minimum Gasteiger partial charge on any atom is -0.373 e.